The summed E-state index contributed by atoms with van der Waals surface area (Å²) in [5.41, 5.74) is 0.398. The van der Waals surface area contributed by atoms with Gasteiger partial charge in [0.25, 0.3) is 0 Å². The summed E-state index contributed by atoms with van der Waals surface area (Å²) in [6.07, 6.45) is 3.11. The molecule has 1 N–H and O–H groups in total. The maximum absolute atomic E-state index is 14.2. The Hall–Kier alpha value is -5.46. The normalized spacial score (nSPS) is 24.1. The number of hydrogen-bond donors (Lipinski definition) is 1. The molecule has 2 amide bonds. The van der Waals surface area contributed by atoms with Crippen LogP contribution in [0.4, 0.5) is 22.7 Å². The zero-order valence-corrected chi connectivity index (χ0v) is 24.8. The molecular weight excluding hydrogens is 584 g/mol. The maximum Gasteiger partial charge on any atom is 0.301 e. The highest BCUT2D eigenvalue weighted by Gasteiger charge is 2.57. The number of nitro groups is 2. The highest BCUT2D eigenvalue weighted by Crippen LogP contribution is 2.57. The average molecular weight is 613 g/mol. The smallest absolute Gasteiger partial charge is 0.301 e. The number of para-hydroxylation sites is 1. The summed E-state index contributed by atoms with van der Waals surface area (Å²) in [6, 6.07) is 7.06. The van der Waals surface area contributed by atoms with Gasteiger partial charge in [0.1, 0.15) is 5.75 Å². The third-order valence-corrected chi connectivity index (χ3v) is 9.30. The zero-order valence-electron chi connectivity index (χ0n) is 24.8. The fraction of sp³-hybridized carbons (Fsp3) is 0.312. The molecule has 0 radical (unpaired) electrons. The number of hydrogen-bond acceptors (Lipinski definition) is 10. The molecule has 0 saturated carbocycles. The molecule has 1 fully saturated rings. The van der Waals surface area contributed by atoms with E-state index in [0.29, 0.717) is 16.7 Å². The maximum atomic E-state index is 14.2. The lowest BCUT2D eigenvalue weighted by Crippen LogP contribution is -2.39. The molecule has 4 atom stereocenters. The van der Waals surface area contributed by atoms with Gasteiger partial charge >= 0.3 is 11.4 Å². The zero-order chi connectivity index (χ0) is 32.6. The molecule has 3 aliphatic carbocycles. The number of aryl methyl sites for hydroxylation is 1. The number of phenols is 1. The van der Waals surface area contributed by atoms with Crippen LogP contribution in [0.5, 0.6) is 5.75 Å². The molecule has 0 aromatic heterocycles. The van der Waals surface area contributed by atoms with E-state index in [1.807, 2.05) is 0 Å². The standard InChI is InChI=1S/C32H28N4O9/c1-14-6-5-7-18(29(14)38)25-17-8-9-19-26(20(17)13-21-24(37)10-15(2)30(39)27(21)25)32(41)34(31(19)40)16-11-22(35(42)43)28(33(3)4)23(12-16)36(44)45/h5-8,10-12,19-20,25-26,38H,9,13H2,1-4H3. The van der Waals surface area contributed by atoms with Crippen LogP contribution in [0, 0.1) is 44.9 Å². The SMILES string of the molecule is CC1=CC(=O)C2=C(C1=O)C(c1cccc(C)c1O)C1=CCC3C(=O)N(c4cc([N+](=O)[O-])c(N(C)C)c([N+](=O)[O-])c4)C(=O)C3C1C2. The molecule has 0 spiro atoms. The number of aromatic hydroxyl groups is 1. The first-order chi connectivity index (χ1) is 21.2. The van der Waals surface area contributed by atoms with Crippen molar-refractivity contribution < 1.29 is 34.1 Å². The van der Waals surface area contributed by atoms with Gasteiger partial charge in [-0.3, -0.25) is 39.4 Å². The largest absolute Gasteiger partial charge is 0.507 e. The van der Waals surface area contributed by atoms with Crippen LogP contribution >= 0.6 is 0 Å². The predicted octanol–water partition coefficient (Wildman–Crippen LogP) is 4.22. The minimum Gasteiger partial charge on any atom is -0.507 e. The van der Waals surface area contributed by atoms with Gasteiger partial charge in [-0.15, -0.1) is 0 Å². The van der Waals surface area contributed by atoms with Gasteiger partial charge in [0, 0.05) is 54.4 Å². The number of benzene rings is 2. The van der Waals surface area contributed by atoms with E-state index in [1.54, 1.807) is 38.1 Å². The fourth-order valence-electron chi connectivity index (χ4n) is 7.34. The van der Waals surface area contributed by atoms with E-state index < -0.39 is 56.7 Å². The van der Waals surface area contributed by atoms with Gasteiger partial charge in [0.05, 0.1) is 27.4 Å². The van der Waals surface area contributed by atoms with Crippen molar-refractivity contribution in [2.24, 2.45) is 17.8 Å². The number of Topliss-reactive ketones (excluding diaryl/α,β-unsaturated/α-hetero) is 1. The van der Waals surface area contributed by atoms with Crippen LogP contribution in [0.2, 0.25) is 0 Å². The van der Waals surface area contributed by atoms with E-state index in [-0.39, 0.29) is 58.3 Å². The van der Waals surface area contributed by atoms with Gasteiger partial charge < -0.3 is 10.0 Å². The van der Waals surface area contributed by atoms with Crippen molar-refractivity contribution in [3.05, 3.63) is 96.1 Å². The Balaban J connectivity index is 1.50. The highest BCUT2D eigenvalue weighted by molar-refractivity contribution is 6.25. The van der Waals surface area contributed by atoms with Gasteiger partial charge in [-0.1, -0.05) is 29.8 Å². The summed E-state index contributed by atoms with van der Waals surface area (Å²) in [4.78, 5) is 79.3. The molecule has 4 aliphatic rings. The van der Waals surface area contributed by atoms with Crippen molar-refractivity contribution in [1.29, 1.82) is 0 Å². The minimum absolute atomic E-state index is 0.00745. The Morgan fingerprint density at radius 1 is 0.956 bits per heavy atom. The number of amides is 2. The number of phenolic OH excluding ortho intramolecular Hbond substituents is 1. The number of ketones is 2. The summed E-state index contributed by atoms with van der Waals surface area (Å²) in [7, 11) is 2.82. The molecule has 4 unspecified atom stereocenters. The monoisotopic (exact) mass is 612 g/mol. The van der Waals surface area contributed by atoms with Crippen molar-refractivity contribution in [2.45, 2.75) is 32.6 Å². The van der Waals surface area contributed by atoms with E-state index in [0.717, 1.165) is 17.0 Å². The van der Waals surface area contributed by atoms with Gasteiger partial charge in [0.2, 0.25) is 11.8 Å². The summed E-state index contributed by atoms with van der Waals surface area (Å²) >= 11 is 0. The van der Waals surface area contributed by atoms with Crippen molar-refractivity contribution >= 4 is 46.1 Å². The van der Waals surface area contributed by atoms with Crippen LogP contribution in [0.15, 0.2) is 64.8 Å². The number of carbonyl (C=O) groups excluding carboxylic acids is 4. The van der Waals surface area contributed by atoms with Gasteiger partial charge in [-0.2, -0.15) is 0 Å². The Morgan fingerprint density at radius 3 is 2.20 bits per heavy atom. The summed E-state index contributed by atoms with van der Waals surface area (Å²) in [5, 5.41) is 35.1. The first-order valence-corrected chi connectivity index (χ1v) is 14.2. The van der Waals surface area contributed by atoms with E-state index in [2.05, 4.69) is 0 Å². The first kappa shape index (κ1) is 29.6. The molecule has 230 valence electrons. The highest BCUT2D eigenvalue weighted by atomic mass is 16.6. The summed E-state index contributed by atoms with van der Waals surface area (Å²) in [6.45, 7) is 3.25. The summed E-state index contributed by atoms with van der Waals surface area (Å²) in [5.74, 6) is -5.64. The lowest BCUT2D eigenvalue weighted by molar-refractivity contribution is -0.392. The molecule has 1 saturated heterocycles. The van der Waals surface area contributed by atoms with Crippen molar-refractivity contribution in [1.82, 2.24) is 0 Å². The molecule has 1 aliphatic heterocycles. The minimum atomic E-state index is -1.01. The Labute approximate surface area is 256 Å². The fourth-order valence-corrected chi connectivity index (χ4v) is 7.34. The second-order valence-electron chi connectivity index (χ2n) is 12.0. The second-order valence-corrected chi connectivity index (χ2v) is 12.0. The predicted molar refractivity (Wildman–Crippen MR) is 161 cm³/mol. The van der Waals surface area contributed by atoms with Crippen molar-refractivity contribution in [2.75, 3.05) is 23.9 Å². The van der Waals surface area contributed by atoms with Gasteiger partial charge in [-0.25, -0.2) is 4.90 Å². The van der Waals surface area contributed by atoms with Crippen LogP contribution in [-0.4, -0.2) is 52.4 Å². The Bertz CT molecular complexity index is 1850. The number of anilines is 2. The number of imide groups is 1. The second kappa shape index (κ2) is 10.3. The lowest BCUT2D eigenvalue weighted by atomic mass is 9.59. The molecule has 2 aromatic rings. The molecule has 6 rings (SSSR count). The van der Waals surface area contributed by atoms with Gasteiger partial charge in [0.15, 0.2) is 17.3 Å². The number of nitro benzene ring substituents is 2. The molecule has 13 nitrogen and oxygen atoms in total. The number of rotatable bonds is 5. The Morgan fingerprint density at radius 2 is 1.60 bits per heavy atom. The van der Waals surface area contributed by atoms with E-state index in [1.165, 1.54) is 25.1 Å². The number of allylic oxidation sites excluding steroid dienone is 6. The number of nitrogens with zero attached hydrogens (tertiary/aromatic N) is 4. The van der Waals surface area contributed by atoms with Crippen LogP contribution in [-0.2, 0) is 19.2 Å². The third kappa shape index (κ3) is 4.29. The molecule has 2 aromatic carbocycles. The molecule has 0 bridgehead atoms. The van der Waals surface area contributed by atoms with E-state index >= 15 is 0 Å². The van der Waals surface area contributed by atoms with Crippen LogP contribution in [0.25, 0.3) is 0 Å². The van der Waals surface area contributed by atoms with Crippen LogP contribution in [0.3, 0.4) is 0 Å². The topological polar surface area (TPSA) is 181 Å². The van der Waals surface area contributed by atoms with E-state index in [9.17, 15) is 44.5 Å². The first-order valence-electron chi connectivity index (χ1n) is 14.2. The number of fused-ring (bicyclic) bond motifs is 3. The third-order valence-electron chi connectivity index (χ3n) is 9.30. The lowest BCUT2D eigenvalue weighted by Gasteiger charge is -2.42. The van der Waals surface area contributed by atoms with Crippen molar-refractivity contribution in [3.8, 4) is 5.75 Å². The van der Waals surface area contributed by atoms with Crippen LogP contribution < -0.4 is 9.80 Å². The van der Waals surface area contributed by atoms with Gasteiger partial charge in [-0.05, 0) is 44.2 Å². The molecular formula is C32H28N4O9. The summed E-state index contributed by atoms with van der Waals surface area (Å²) < 4.78 is 0. The molecule has 45 heavy (non-hydrogen) atoms. The Kier molecular flexibility index (Phi) is 6.79. The number of carbonyl (C=O) groups is 4. The molecule has 13 heteroatoms. The molecule has 1 heterocycles. The quantitative estimate of drug-likeness (QED) is 0.169. The van der Waals surface area contributed by atoms with Crippen LogP contribution in [0.1, 0.15) is 36.8 Å². The average Bonchev–Trinajstić information content (AvgIpc) is 3.25. The van der Waals surface area contributed by atoms with Crippen molar-refractivity contribution in [3.63, 3.8) is 0 Å². The van der Waals surface area contributed by atoms with E-state index in [4.69, 9.17) is 0 Å².